The van der Waals surface area contributed by atoms with Gasteiger partial charge in [0.15, 0.2) is 0 Å². The lowest BCUT2D eigenvalue weighted by molar-refractivity contribution is 0.102. The highest BCUT2D eigenvalue weighted by Gasteiger charge is 2.12. The first kappa shape index (κ1) is 13.1. The third-order valence-corrected chi connectivity index (χ3v) is 3.28. The molecule has 0 aliphatic carbocycles. The second-order valence-corrected chi connectivity index (χ2v) is 4.76. The van der Waals surface area contributed by atoms with Gasteiger partial charge in [0, 0.05) is 17.8 Å². The third-order valence-electron chi connectivity index (χ3n) is 3.28. The molecule has 2 aromatic heterocycles. The van der Waals surface area contributed by atoms with E-state index in [1.165, 1.54) is 6.20 Å². The van der Waals surface area contributed by atoms with Gasteiger partial charge in [-0.05, 0) is 30.5 Å². The molecule has 3 aromatic rings. The summed E-state index contributed by atoms with van der Waals surface area (Å²) in [5, 5.41) is 4.81. The molecule has 0 spiro atoms. The van der Waals surface area contributed by atoms with Crippen LogP contribution < -0.4 is 11.1 Å². The van der Waals surface area contributed by atoms with Crippen LogP contribution in [-0.2, 0) is 0 Å². The molecule has 0 aliphatic rings. The summed E-state index contributed by atoms with van der Waals surface area (Å²) in [6.45, 7) is 1.78. The second-order valence-electron chi connectivity index (χ2n) is 4.76. The van der Waals surface area contributed by atoms with Gasteiger partial charge in [-0.25, -0.2) is 0 Å². The van der Waals surface area contributed by atoms with Crippen LogP contribution in [0.3, 0.4) is 0 Å². The van der Waals surface area contributed by atoms with E-state index in [1.807, 2.05) is 24.3 Å². The zero-order chi connectivity index (χ0) is 14.8. The van der Waals surface area contributed by atoms with Gasteiger partial charge >= 0.3 is 0 Å². The summed E-state index contributed by atoms with van der Waals surface area (Å²) >= 11 is 0. The minimum absolute atomic E-state index is 0.233. The molecular weight excluding hydrogens is 264 g/mol. The summed E-state index contributed by atoms with van der Waals surface area (Å²) in [6, 6.07) is 9.23. The van der Waals surface area contributed by atoms with Gasteiger partial charge < -0.3 is 11.1 Å². The summed E-state index contributed by atoms with van der Waals surface area (Å²) < 4.78 is 0. The van der Waals surface area contributed by atoms with E-state index in [-0.39, 0.29) is 5.91 Å². The van der Waals surface area contributed by atoms with Crippen molar-refractivity contribution in [2.75, 3.05) is 11.1 Å². The minimum atomic E-state index is -0.233. The van der Waals surface area contributed by atoms with Crippen LogP contribution in [0.25, 0.3) is 10.8 Å². The Morgan fingerprint density at radius 3 is 2.95 bits per heavy atom. The smallest absolute Gasteiger partial charge is 0.257 e. The normalized spacial score (nSPS) is 10.5. The molecule has 0 atom stereocenters. The highest BCUT2D eigenvalue weighted by Crippen LogP contribution is 2.23. The molecule has 0 saturated heterocycles. The number of nitrogens with one attached hydrogen (secondary N) is 1. The quantitative estimate of drug-likeness (QED) is 0.755. The number of nitrogens with zero attached hydrogens (tertiary/aromatic N) is 2. The number of hydrogen-bond acceptors (Lipinski definition) is 4. The average Bonchev–Trinajstić information content (AvgIpc) is 2.50. The van der Waals surface area contributed by atoms with E-state index in [9.17, 15) is 4.79 Å². The molecule has 5 heteroatoms. The molecule has 3 N–H and O–H groups in total. The molecule has 0 aliphatic heterocycles. The Morgan fingerprint density at radius 2 is 2.10 bits per heavy atom. The van der Waals surface area contributed by atoms with Crippen molar-refractivity contribution in [3.63, 3.8) is 0 Å². The number of rotatable bonds is 2. The molecule has 0 saturated carbocycles. The van der Waals surface area contributed by atoms with E-state index in [2.05, 4.69) is 15.3 Å². The first-order valence-corrected chi connectivity index (χ1v) is 6.51. The lowest BCUT2D eigenvalue weighted by Crippen LogP contribution is -2.14. The van der Waals surface area contributed by atoms with Gasteiger partial charge in [0.1, 0.15) is 0 Å². The second kappa shape index (κ2) is 5.20. The fourth-order valence-corrected chi connectivity index (χ4v) is 2.19. The van der Waals surface area contributed by atoms with E-state index in [1.54, 1.807) is 25.4 Å². The number of nitrogen functional groups attached to an aromatic ring is 1. The van der Waals surface area contributed by atoms with E-state index in [0.717, 1.165) is 10.8 Å². The average molecular weight is 278 g/mol. The molecule has 0 bridgehead atoms. The summed E-state index contributed by atoms with van der Waals surface area (Å²) in [7, 11) is 0. The zero-order valence-electron chi connectivity index (χ0n) is 11.5. The topological polar surface area (TPSA) is 80.9 Å². The Morgan fingerprint density at radius 1 is 1.24 bits per heavy atom. The van der Waals surface area contributed by atoms with Crippen LogP contribution in [0.15, 0.2) is 48.9 Å². The van der Waals surface area contributed by atoms with E-state index in [4.69, 9.17) is 5.73 Å². The molecule has 21 heavy (non-hydrogen) atoms. The maximum atomic E-state index is 12.4. The predicted molar refractivity (Wildman–Crippen MR) is 83.1 cm³/mol. The molecule has 3 rings (SSSR count). The lowest BCUT2D eigenvalue weighted by Gasteiger charge is -2.10. The van der Waals surface area contributed by atoms with Gasteiger partial charge in [0.25, 0.3) is 5.91 Å². The number of fused-ring (bicyclic) bond motifs is 1. The summed E-state index contributed by atoms with van der Waals surface area (Å²) in [5.74, 6) is -0.233. The van der Waals surface area contributed by atoms with Crippen molar-refractivity contribution in [3.05, 3.63) is 60.2 Å². The van der Waals surface area contributed by atoms with Crippen LogP contribution in [0.4, 0.5) is 11.4 Å². The number of aryl methyl sites for hydroxylation is 1. The maximum absolute atomic E-state index is 12.4. The van der Waals surface area contributed by atoms with E-state index < -0.39 is 0 Å². The van der Waals surface area contributed by atoms with Gasteiger partial charge in [0.2, 0.25) is 0 Å². The van der Waals surface area contributed by atoms with Crippen LogP contribution >= 0.6 is 0 Å². The van der Waals surface area contributed by atoms with Gasteiger partial charge in [-0.15, -0.1) is 0 Å². The Kier molecular flexibility index (Phi) is 3.23. The van der Waals surface area contributed by atoms with Crippen molar-refractivity contribution in [3.8, 4) is 0 Å². The highest BCUT2D eigenvalue weighted by molar-refractivity contribution is 6.09. The van der Waals surface area contributed by atoms with Gasteiger partial charge in [-0.1, -0.05) is 12.1 Å². The largest absolute Gasteiger partial charge is 0.397 e. The van der Waals surface area contributed by atoms with Crippen molar-refractivity contribution in [2.24, 2.45) is 0 Å². The summed E-state index contributed by atoms with van der Waals surface area (Å²) in [5.41, 5.74) is 7.98. The molecule has 0 radical (unpaired) electrons. The molecule has 1 amide bonds. The molecule has 0 fully saturated rings. The fraction of sp³-hybridized carbons (Fsp3) is 0.0625. The Hall–Kier alpha value is -2.95. The van der Waals surface area contributed by atoms with Gasteiger partial charge in [-0.2, -0.15) is 0 Å². The lowest BCUT2D eigenvalue weighted by atomic mass is 10.1. The number of nitrogens with two attached hydrogens (primary N) is 1. The minimum Gasteiger partial charge on any atom is -0.397 e. The van der Waals surface area contributed by atoms with Crippen LogP contribution in [-0.4, -0.2) is 15.9 Å². The standard InChI is InChI=1S/C16H14N4O/c1-10-13(7-12(17)8-19-10)16(21)20-15-4-2-3-11-5-6-18-9-14(11)15/h2-9H,17H2,1H3,(H,20,21). The Balaban J connectivity index is 1.99. The number of anilines is 2. The number of carbonyl (C=O) groups is 1. The number of hydrogen-bond donors (Lipinski definition) is 2. The highest BCUT2D eigenvalue weighted by atomic mass is 16.1. The van der Waals surface area contributed by atoms with Crippen molar-refractivity contribution in [2.45, 2.75) is 6.92 Å². The predicted octanol–water partition coefficient (Wildman–Crippen LogP) is 2.77. The third kappa shape index (κ3) is 2.53. The van der Waals surface area contributed by atoms with Gasteiger partial charge in [0.05, 0.1) is 28.8 Å². The fourth-order valence-electron chi connectivity index (χ4n) is 2.19. The Bertz CT molecular complexity index is 824. The Labute approximate surface area is 121 Å². The first-order chi connectivity index (χ1) is 10.1. The number of pyridine rings is 2. The number of amides is 1. The summed E-state index contributed by atoms with van der Waals surface area (Å²) in [4.78, 5) is 20.6. The van der Waals surface area contributed by atoms with Crippen LogP contribution in [0, 0.1) is 6.92 Å². The number of benzene rings is 1. The van der Waals surface area contributed by atoms with E-state index >= 15 is 0 Å². The summed E-state index contributed by atoms with van der Waals surface area (Å²) in [6.07, 6.45) is 4.99. The SMILES string of the molecule is Cc1ncc(N)cc1C(=O)Nc1cccc2ccncc12. The molecule has 104 valence electrons. The molecule has 5 nitrogen and oxygen atoms in total. The maximum Gasteiger partial charge on any atom is 0.257 e. The first-order valence-electron chi connectivity index (χ1n) is 6.51. The van der Waals surface area contributed by atoms with Crippen LogP contribution in [0.1, 0.15) is 16.1 Å². The molecule has 2 heterocycles. The zero-order valence-corrected chi connectivity index (χ0v) is 11.5. The number of aromatic nitrogens is 2. The van der Waals surface area contributed by atoms with Crippen molar-refractivity contribution >= 4 is 28.1 Å². The molecule has 0 unspecified atom stereocenters. The van der Waals surface area contributed by atoms with Crippen LogP contribution in [0.2, 0.25) is 0 Å². The van der Waals surface area contributed by atoms with Gasteiger partial charge in [-0.3, -0.25) is 14.8 Å². The monoisotopic (exact) mass is 278 g/mol. The number of carbonyl (C=O) groups excluding carboxylic acids is 1. The van der Waals surface area contributed by atoms with Crippen LogP contribution in [0.5, 0.6) is 0 Å². The van der Waals surface area contributed by atoms with Crippen molar-refractivity contribution in [1.29, 1.82) is 0 Å². The van der Waals surface area contributed by atoms with Crippen molar-refractivity contribution in [1.82, 2.24) is 9.97 Å². The molecule has 1 aromatic carbocycles. The van der Waals surface area contributed by atoms with Crippen molar-refractivity contribution < 1.29 is 4.79 Å². The van der Waals surface area contributed by atoms with E-state index in [0.29, 0.717) is 22.6 Å². The molecular formula is C16H14N4O.